The predicted molar refractivity (Wildman–Crippen MR) is 139 cm³/mol. The first kappa shape index (κ1) is 27.9. The van der Waals surface area contributed by atoms with E-state index in [1.807, 2.05) is 0 Å². The van der Waals surface area contributed by atoms with Crippen molar-refractivity contribution in [2.75, 3.05) is 13.2 Å². The number of esters is 1. The van der Waals surface area contributed by atoms with Crippen molar-refractivity contribution >= 4 is 50.9 Å². The van der Waals surface area contributed by atoms with Gasteiger partial charge in [-0.15, -0.1) is 0 Å². The standard InChI is InChI=1S/C25H19BrClF3N2O5S/c1-3-36-16-10-12(9-15(26)20(16)33)11-17-22(34)32-19(13-5-7-14(27)8-6-13)18(23(35)37-4-2)21(25(28,29)30)31-24(32)38-17/h5-11,19,33H,3-4H2,1-2H3/b17-11-/t19-/m1/s1. The monoisotopic (exact) mass is 630 g/mol. The summed E-state index contributed by atoms with van der Waals surface area (Å²) >= 11 is 9.94. The maximum absolute atomic E-state index is 14.2. The zero-order valence-electron chi connectivity index (χ0n) is 19.8. The van der Waals surface area contributed by atoms with Crippen molar-refractivity contribution < 1.29 is 32.5 Å². The molecule has 0 saturated carbocycles. The van der Waals surface area contributed by atoms with Crippen LogP contribution in [0.3, 0.4) is 0 Å². The lowest BCUT2D eigenvalue weighted by Crippen LogP contribution is -2.41. The summed E-state index contributed by atoms with van der Waals surface area (Å²) < 4.78 is 54.3. The van der Waals surface area contributed by atoms with Crippen molar-refractivity contribution in [3.05, 3.63) is 88.0 Å². The van der Waals surface area contributed by atoms with Crippen LogP contribution in [0.1, 0.15) is 31.0 Å². The zero-order chi connectivity index (χ0) is 27.8. The number of alkyl halides is 3. The topological polar surface area (TPSA) is 90.1 Å². The molecule has 0 amide bonds. The van der Waals surface area contributed by atoms with E-state index in [4.69, 9.17) is 21.1 Å². The molecule has 0 aliphatic carbocycles. The van der Waals surface area contributed by atoms with E-state index < -0.39 is 35.0 Å². The quantitative estimate of drug-likeness (QED) is 0.393. The van der Waals surface area contributed by atoms with Crippen molar-refractivity contribution in [1.29, 1.82) is 0 Å². The maximum Gasteiger partial charge on any atom is 0.434 e. The molecule has 0 saturated heterocycles. The Morgan fingerprint density at radius 1 is 1.24 bits per heavy atom. The molecular weight excluding hydrogens is 613 g/mol. The Morgan fingerprint density at radius 3 is 2.53 bits per heavy atom. The number of carbonyl (C=O) groups excluding carboxylic acids is 1. The van der Waals surface area contributed by atoms with Crippen LogP contribution < -0.4 is 19.6 Å². The summed E-state index contributed by atoms with van der Waals surface area (Å²) in [4.78, 5) is 30.0. The number of phenolic OH excluding ortho intramolecular Hbond substituents is 1. The molecule has 200 valence electrons. The van der Waals surface area contributed by atoms with E-state index in [0.717, 1.165) is 15.9 Å². The molecule has 1 aliphatic heterocycles. The van der Waals surface area contributed by atoms with Gasteiger partial charge < -0.3 is 14.6 Å². The number of fused-ring (bicyclic) bond motifs is 1. The van der Waals surface area contributed by atoms with Gasteiger partial charge in [0.25, 0.3) is 5.56 Å². The first-order valence-corrected chi connectivity index (χ1v) is 13.2. The lowest BCUT2D eigenvalue weighted by Gasteiger charge is -2.26. The minimum Gasteiger partial charge on any atom is -0.503 e. The molecule has 0 fully saturated rings. The summed E-state index contributed by atoms with van der Waals surface area (Å²) in [5, 5.41) is 10.5. The smallest absolute Gasteiger partial charge is 0.434 e. The summed E-state index contributed by atoms with van der Waals surface area (Å²) in [5.41, 5.74) is -2.25. The number of allylic oxidation sites excluding steroid dienone is 1. The van der Waals surface area contributed by atoms with Gasteiger partial charge in [-0.05, 0) is 71.2 Å². The molecule has 38 heavy (non-hydrogen) atoms. The van der Waals surface area contributed by atoms with Gasteiger partial charge in [0.15, 0.2) is 22.0 Å². The fourth-order valence-electron chi connectivity index (χ4n) is 3.89. The van der Waals surface area contributed by atoms with Crippen LogP contribution >= 0.6 is 38.9 Å². The Labute approximate surface area is 231 Å². The third kappa shape index (κ3) is 5.38. The molecule has 4 rings (SSSR count). The molecule has 0 bridgehead atoms. The molecular formula is C25H19BrClF3N2O5S. The number of benzene rings is 2. The second kappa shape index (κ2) is 11.0. The van der Waals surface area contributed by atoms with Gasteiger partial charge in [-0.2, -0.15) is 13.2 Å². The highest BCUT2D eigenvalue weighted by atomic mass is 79.9. The van der Waals surface area contributed by atoms with E-state index in [1.165, 1.54) is 49.4 Å². The number of nitrogens with zero attached hydrogens (tertiary/aromatic N) is 2. The van der Waals surface area contributed by atoms with Crippen LogP contribution in [-0.4, -0.2) is 35.0 Å². The third-order valence-electron chi connectivity index (χ3n) is 5.43. The van der Waals surface area contributed by atoms with Crippen molar-refractivity contribution in [3.63, 3.8) is 0 Å². The van der Waals surface area contributed by atoms with E-state index in [1.54, 1.807) is 6.92 Å². The number of carbonyl (C=O) groups is 1. The molecule has 1 N–H and O–H groups in total. The zero-order valence-corrected chi connectivity index (χ0v) is 23.0. The maximum atomic E-state index is 14.2. The molecule has 0 spiro atoms. The Bertz CT molecular complexity index is 1610. The Kier molecular flexibility index (Phi) is 8.05. The average molecular weight is 632 g/mol. The first-order chi connectivity index (χ1) is 18.0. The van der Waals surface area contributed by atoms with Crippen LogP contribution in [0.25, 0.3) is 6.08 Å². The average Bonchev–Trinajstić information content (AvgIpc) is 3.16. The van der Waals surface area contributed by atoms with E-state index in [-0.39, 0.29) is 39.6 Å². The SMILES string of the molecule is CCOC(=O)C1=C(C(F)(F)F)N=c2s/c(=C\c3cc(Br)c(O)c(OCC)c3)c(=O)n2[C@@H]1c1ccc(Cl)cc1. The van der Waals surface area contributed by atoms with E-state index in [9.17, 15) is 27.9 Å². The number of thiazole rings is 1. The van der Waals surface area contributed by atoms with Crippen LogP contribution in [0.4, 0.5) is 13.2 Å². The van der Waals surface area contributed by atoms with Crippen molar-refractivity contribution in [2.24, 2.45) is 4.99 Å². The summed E-state index contributed by atoms with van der Waals surface area (Å²) in [6.45, 7) is 3.28. The lowest BCUT2D eigenvalue weighted by molar-refractivity contribution is -0.140. The van der Waals surface area contributed by atoms with Gasteiger partial charge in [0, 0.05) is 5.02 Å². The molecule has 0 radical (unpaired) electrons. The van der Waals surface area contributed by atoms with Gasteiger partial charge in [-0.25, -0.2) is 9.79 Å². The molecule has 2 heterocycles. The Morgan fingerprint density at radius 2 is 1.92 bits per heavy atom. The van der Waals surface area contributed by atoms with E-state index in [0.29, 0.717) is 15.1 Å². The van der Waals surface area contributed by atoms with Gasteiger partial charge in [0.2, 0.25) is 0 Å². The van der Waals surface area contributed by atoms with Crippen molar-refractivity contribution in [2.45, 2.75) is 26.1 Å². The van der Waals surface area contributed by atoms with E-state index >= 15 is 0 Å². The summed E-state index contributed by atoms with van der Waals surface area (Å²) in [6, 6.07) is 7.33. The number of aromatic nitrogens is 1. The highest BCUT2D eigenvalue weighted by molar-refractivity contribution is 9.10. The number of halogens is 5. The number of ether oxygens (including phenoxy) is 2. The molecule has 13 heteroatoms. The van der Waals surface area contributed by atoms with Crippen LogP contribution in [0.15, 0.2) is 61.9 Å². The number of rotatable bonds is 6. The number of hydrogen-bond donors (Lipinski definition) is 1. The summed E-state index contributed by atoms with van der Waals surface area (Å²) in [7, 11) is 0. The molecule has 3 aromatic rings. The van der Waals surface area contributed by atoms with Crippen molar-refractivity contribution in [1.82, 2.24) is 4.57 Å². The predicted octanol–water partition coefficient (Wildman–Crippen LogP) is 4.86. The van der Waals surface area contributed by atoms with Gasteiger partial charge in [-0.1, -0.05) is 35.1 Å². The summed E-state index contributed by atoms with van der Waals surface area (Å²) in [5.74, 6) is -1.22. The largest absolute Gasteiger partial charge is 0.503 e. The molecule has 1 aromatic heterocycles. The first-order valence-electron chi connectivity index (χ1n) is 11.2. The van der Waals surface area contributed by atoms with E-state index in [2.05, 4.69) is 20.9 Å². The van der Waals surface area contributed by atoms with Crippen LogP contribution in [0, 0.1) is 0 Å². The van der Waals surface area contributed by atoms with Crippen LogP contribution in [0.2, 0.25) is 5.02 Å². The second-order valence-corrected chi connectivity index (χ2v) is 10.2. The highest BCUT2D eigenvalue weighted by Gasteiger charge is 2.45. The van der Waals surface area contributed by atoms with Gasteiger partial charge in [0.05, 0.1) is 33.8 Å². The molecule has 2 aromatic carbocycles. The Hall–Kier alpha value is -3.09. The molecule has 1 atom stereocenters. The fourth-order valence-corrected chi connectivity index (χ4v) is 5.48. The molecule has 0 unspecified atom stereocenters. The number of hydrogen-bond acceptors (Lipinski definition) is 7. The van der Waals surface area contributed by atoms with Gasteiger partial charge in [0.1, 0.15) is 0 Å². The Balaban J connectivity index is 2.02. The van der Waals surface area contributed by atoms with Crippen molar-refractivity contribution in [3.8, 4) is 11.5 Å². The van der Waals surface area contributed by atoms with Crippen LogP contribution in [-0.2, 0) is 9.53 Å². The second-order valence-electron chi connectivity index (χ2n) is 7.90. The van der Waals surface area contributed by atoms with Gasteiger partial charge in [-0.3, -0.25) is 9.36 Å². The number of phenols is 1. The lowest BCUT2D eigenvalue weighted by atomic mass is 9.95. The molecule has 1 aliphatic rings. The summed E-state index contributed by atoms with van der Waals surface area (Å²) in [6.07, 6.45) is -3.56. The number of aromatic hydroxyl groups is 1. The minimum atomic E-state index is -5.00. The highest BCUT2D eigenvalue weighted by Crippen LogP contribution is 2.39. The third-order valence-corrected chi connectivity index (χ3v) is 7.27. The molecule has 7 nitrogen and oxygen atoms in total. The minimum absolute atomic E-state index is 0.0504. The normalized spacial score (nSPS) is 15.8. The van der Waals surface area contributed by atoms with Gasteiger partial charge >= 0.3 is 12.1 Å². The fraction of sp³-hybridized carbons (Fsp3) is 0.240. The van der Waals surface area contributed by atoms with Crippen LogP contribution in [0.5, 0.6) is 11.5 Å².